The maximum atomic E-state index is 12.6. The number of nitrogens with one attached hydrogen (secondary N) is 1. The molecule has 0 aromatic carbocycles. The Morgan fingerprint density at radius 1 is 1.04 bits per heavy atom. The second-order valence-corrected chi connectivity index (χ2v) is 7.69. The summed E-state index contributed by atoms with van der Waals surface area (Å²) in [5.41, 5.74) is 0.979. The molecule has 0 radical (unpaired) electrons. The van der Waals surface area contributed by atoms with E-state index in [-0.39, 0.29) is 17.9 Å². The molecule has 3 aliphatic heterocycles. The molecule has 1 unspecified atom stereocenters. The van der Waals surface area contributed by atoms with Crippen molar-refractivity contribution in [3.8, 4) is 0 Å². The third kappa shape index (κ3) is 3.99. The van der Waals surface area contributed by atoms with Crippen molar-refractivity contribution in [3.63, 3.8) is 0 Å². The zero-order valence-corrected chi connectivity index (χ0v) is 16.0. The van der Waals surface area contributed by atoms with Gasteiger partial charge in [-0.1, -0.05) is 0 Å². The molecule has 1 aromatic rings. The molecule has 8 nitrogen and oxygen atoms in total. The van der Waals surface area contributed by atoms with E-state index in [4.69, 9.17) is 4.98 Å². The van der Waals surface area contributed by atoms with Crippen molar-refractivity contribution >= 4 is 23.6 Å². The first-order valence-electron chi connectivity index (χ1n) is 10.0. The fourth-order valence-corrected chi connectivity index (χ4v) is 4.11. The zero-order valence-electron chi connectivity index (χ0n) is 16.0. The number of hydrogen-bond acceptors (Lipinski definition) is 6. The molecule has 0 bridgehead atoms. The van der Waals surface area contributed by atoms with Gasteiger partial charge in [0.05, 0.1) is 0 Å². The lowest BCUT2D eigenvalue weighted by atomic mass is 10.1. The second kappa shape index (κ2) is 7.70. The predicted molar refractivity (Wildman–Crippen MR) is 103 cm³/mol. The average Bonchev–Trinajstić information content (AvgIpc) is 3.14. The molecule has 3 saturated heterocycles. The van der Waals surface area contributed by atoms with Crippen LogP contribution in [0.5, 0.6) is 0 Å². The third-order valence-electron chi connectivity index (χ3n) is 5.68. The molecule has 146 valence electrons. The molecular weight excluding hydrogens is 344 g/mol. The quantitative estimate of drug-likeness (QED) is 0.841. The number of hydrogen-bond donors (Lipinski definition) is 1. The highest BCUT2D eigenvalue weighted by Crippen LogP contribution is 2.22. The van der Waals surface area contributed by atoms with Gasteiger partial charge in [-0.05, 0) is 32.6 Å². The molecule has 1 atom stereocenters. The standard InChI is InChI=1S/C19H28N6O2/c1-14-13-16(22-19(20-14)25-7-3-2-4-8-25)23-9-11-24(12-10-23)18(27)15-5-6-17(26)21-15/h13,15H,2-12H2,1H3,(H,21,26). The summed E-state index contributed by atoms with van der Waals surface area (Å²) in [4.78, 5) is 39.8. The number of piperazine rings is 1. The van der Waals surface area contributed by atoms with Gasteiger partial charge in [0.1, 0.15) is 11.9 Å². The van der Waals surface area contributed by atoms with E-state index in [2.05, 4.69) is 20.1 Å². The van der Waals surface area contributed by atoms with E-state index in [0.717, 1.165) is 43.6 Å². The number of rotatable bonds is 3. The van der Waals surface area contributed by atoms with Crippen LogP contribution in [0.15, 0.2) is 6.07 Å². The van der Waals surface area contributed by atoms with Crippen LogP contribution in [0.25, 0.3) is 0 Å². The average molecular weight is 372 g/mol. The number of piperidine rings is 1. The van der Waals surface area contributed by atoms with Gasteiger partial charge in [-0.25, -0.2) is 4.98 Å². The molecule has 0 aliphatic carbocycles. The molecule has 0 saturated carbocycles. The van der Waals surface area contributed by atoms with Gasteiger partial charge in [-0.3, -0.25) is 9.59 Å². The predicted octanol–water partition coefficient (Wildman–Crippen LogP) is 0.703. The lowest BCUT2D eigenvalue weighted by Crippen LogP contribution is -2.53. The summed E-state index contributed by atoms with van der Waals surface area (Å²) < 4.78 is 0. The highest BCUT2D eigenvalue weighted by Gasteiger charge is 2.32. The van der Waals surface area contributed by atoms with Crippen LogP contribution < -0.4 is 15.1 Å². The Hall–Kier alpha value is -2.38. The summed E-state index contributed by atoms with van der Waals surface area (Å²) in [5.74, 6) is 1.81. The molecule has 4 heterocycles. The van der Waals surface area contributed by atoms with E-state index in [1.807, 2.05) is 17.9 Å². The Labute approximate surface area is 159 Å². The monoisotopic (exact) mass is 372 g/mol. The first-order valence-corrected chi connectivity index (χ1v) is 10.0. The summed E-state index contributed by atoms with van der Waals surface area (Å²) >= 11 is 0. The van der Waals surface area contributed by atoms with Crippen LogP contribution in [0.2, 0.25) is 0 Å². The van der Waals surface area contributed by atoms with Crippen molar-refractivity contribution in [1.82, 2.24) is 20.2 Å². The van der Waals surface area contributed by atoms with E-state index in [1.165, 1.54) is 19.3 Å². The number of aryl methyl sites for hydroxylation is 1. The molecule has 1 aromatic heterocycles. The zero-order chi connectivity index (χ0) is 18.8. The van der Waals surface area contributed by atoms with E-state index in [0.29, 0.717) is 25.9 Å². The van der Waals surface area contributed by atoms with Gasteiger partial charge in [0.15, 0.2) is 0 Å². The van der Waals surface area contributed by atoms with Crippen LogP contribution in [-0.4, -0.2) is 72.0 Å². The van der Waals surface area contributed by atoms with Crippen LogP contribution in [0.3, 0.4) is 0 Å². The Bertz CT molecular complexity index is 710. The van der Waals surface area contributed by atoms with E-state index < -0.39 is 0 Å². The first-order chi connectivity index (χ1) is 13.1. The van der Waals surface area contributed by atoms with Crippen LogP contribution in [0, 0.1) is 6.92 Å². The van der Waals surface area contributed by atoms with Crippen LogP contribution in [0.1, 0.15) is 37.8 Å². The summed E-state index contributed by atoms with van der Waals surface area (Å²) in [5, 5.41) is 2.78. The van der Waals surface area contributed by atoms with E-state index >= 15 is 0 Å². The van der Waals surface area contributed by atoms with Gasteiger partial charge in [0.25, 0.3) is 0 Å². The van der Waals surface area contributed by atoms with Crippen LogP contribution >= 0.6 is 0 Å². The van der Waals surface area contributed by atoms with Crippen molar-refractivity contribution in [2.75, 3.05) is 49.1 Å². The number of aromatic nitrogens is 2. The SMILES string of the molecule is Cc1cc(N2CCN(C(=O)C3CCC(=O)N3)CC2)nc(N2CCCCC2)n1. The molecule has 27 heavy (non-hydrogen) atoms. The van der Waals surface area contributed by atoms with Crippen LogP contribution in [-0.2, 0) is 9.59 Å². The van der Waals surface area contributed by atoms with E-state index in [9.17, 15) is 9.59 Å². The Morgan fingerprint density at radius 2 is 1.78 bits per heavy atom. The lowest BCUT2D eigenvalue weighted by molar-refractivity contribution is -0.134. The number of nitrogens with zero attached hydrogens (tertiary/aromatic N) is 5. The molecule has 4 rings (SSSR count). The normalized spacial score (nSPS) is 23.5. The highest BCUT2D eigenvalue weighted by molar-refractivity contribution is 5.90. The van der Waals surface area contributed by atoms with Gasteiger partial charge >= 0.3 is 0 Å². The van der Waals surface area contributed by atoms with Gasteiger partial charge in [0.2, 0.25) is 17.8 Å². The van der Waals surface area contributed by atoms with Gasteiger partial charge in [-0.2, -0.15) is 4.98 Å². The number of carbonyl (C=O) groups excluding carboxylic acids is 2. The van der Waals surface area contributed by atoms with Gasteiger partial charge in [-0.15, -0.1) is 0 Å². The molecule has 8 heteroatoms. The molecular formula is C19H28N6O2. The molecule has 3 fully saturated rings. The fraction of sp³-hybridized carbons (Fsp3) is 0.684. The first kappa shape index (κ1) is 18.0. The minimum Gasteiger partial charge on any atom is -0.353 e. The Balaban J connectivity index is 1.39. The number of amides is 2. The summed E-state index contributed by atoms with van der Waals surface area (Å²) in [7, 11) is 0. The fourth-order valence-electron chi connectivity index (χ4n) is 4.11. The van der Waals surface area contributed by atoms with Crippen molar-refractivity contribution < 1.29 is 9.59 Å². The maximum absolute atomic E-state index is 12.6. The molecule has 0 spiro atoms. The summed E-state index contributed by atoms with van der Waals surface area (Å²) in [6.45, 7) is 6.89. The third-order valence-corrected chi connectivity index (χ3v) is 5.68. The second-order valence-electron chi connectivity index (χ2n) is 7.69. The molecule has 2 amide bonds. The summed E-state index contributed by atoms with van der Waals surface area (Å²) in [6, 6.07) is 1.69. The Kier molecular flexibility index (Phi) is 5.13. The topological polar surface area (TPSA) is 81.7 Å². The van der Waals surface area contributed by atoms with Gasteiger partial charge < -0.3 is 20.0 Å². The van der Waals surface area contributed by atoms with E-state index in [1.54, 1.807) is 0 Å². The largest absolute Gasteiger partial charge is 0.353 e. The van der Waals surface area contributed by atoms with Crippen molar-refractivity contribution in [3.05, 3.63) is 11.8 Å². The molecule has 1 N–H and O–H groups in total. The van der Waals surface area contributed by atoms with Gasteiger partial charge in [0, 0.05) is 57.4 Å². The van der Waals surface area contributed by atoms with Crippen molar-refractivity contribution in [2.24, 2.45) is 0 Å². The smallest absolute Gasteiger partial charge is 0.245 e. The number of anilines is 2. The minimum atomic E-state index is -0.337. The molecule has 3 aliphatic rings. The van der Waals surface area contributed by atoms with Crippen LogP contribution in [0.4, 0.5) is 11.8 Å². The lowest BCUT2D eigenvalue weighted by Gasteiger charge is -2.37. The minimum absolute atomic E-state index is 0.0197. The van der Waals surface area contributed by atoms with Crippen molar-refractivity contribution in [2.45, 2.75) is 45.1 Å². The summed E-state index contributed by atoms with van der Waals surface area (Å²) in [6.07, 6.45) is 4.75. The Morgan fingerprint density at radius 3 is 2.44 bits per heavy atom. The maximum Gasteiger partial charge on any atom is 0.245 e. The number of carbonyl (C=O) groups is 2. The van der Waals surface area contributed by atoms with Crippen molar-refractivity contribution in [1.29, 1.82) is 0 Å². The highest BCUT2D eigenvalue weighted by atomic mass is 16.2.